The molecule has 0 aromatic heterocycles. The van der Waals surface area contributed by atoms with Crippen LogP contribution in [0.4, 0.5) is 0 Å². The molecule has 216 valence electrons. The van der Waals surface area contributed by atoms with Gasteiger partial charge in [0, 0.05) is 38.0 Å². The monoisotopic (exact) mass is 532 g/mol. The van der Waals surface area contributed by atoms with E-state index in [2.05, 4.69) is 9.80 Å². The molecule has 0 bridgehead atoms. The number of hydrogen-bond donors (Lipinski definition) is 6. The van der Waals surface area contributed by atoms with E-state index in [0.29, 0.717) is 25.9 Å². The summed E-state index contributed by atoms with van der Waals surface area (Å²) in [5.74, 6) is -3.13. The molecule has 0 saturated carbocycles. The van der Waals surface area contributed by atoms with Crippen molar-refractivity contribution in [3.63, 3.8) is 0 Å². The van der Waals surface area contributed by atoms with Gasteiger partial charge in [-0.05, 0) is 58.0 Å². The van der Waals surface area contributed by atoms with Crippen LogP contribution in [0.1, 0.15) is 90.4 Å². The Morgan fingerprint density at radius 2 is 1.00 bits per heavy atom. The van der Waals surface area contributed by atoms with Gasteiger partial charge >= 0.3 is 23.9 Å². The van der Waals surface area contributed by atoms with Crippen molar-refractivity contribution in [1.82, 2.24) is 9.80 Å². The molecule has 2 unspecified atom stereocenters. The molecule has 2 atom stereocenters. The number of carbonyl (C=O) groups is 4. The van der Waals surface area contributed by atoms with Crippen LogP contribution in [0.25, 0.3) is 0 Å². The van der Waals surface area contributed by atoms with Crippen molar-refractivity contribution in [1.29, 1.82) is 0 Å². The highest BCUT2D eigenvalue weighted by Gasteiger charge is 2.24. The van der Waals surface area contributed by atoms with Gasteiger partial charge in [0.2, 0.25) is 0 Å². The minimum atomic E-state index is -0.789. The van der Waals surface area contributed by atoms with Crippen molar-refractivity contribution in [2.75, 3.05) is 26.2 Å². The van der Waals surface area contributed by atoms with E-state index in [9.17, 15) is 19.2 Å². The molecule has 0 aromatic rings. The molecular formula is C25H48N4O8. The van der Waals surface area contributed by atoms with Crippen molar-refractivity contribution in [2.24, 2.45) is 11.5 Å². The Morgan fingerprint density at radius 1 is 0.676 bits per heavy atom. The molecule has 0 aromatic carbocycles. The van der Waals surface area contributed by atoms with Gasteiger partial charge in [-0.25, -0.2) is 0 Å². The average Bonchev–Trinajstić information content (AvgIpc) is 2.85. The second-order valence-corrected chi connectivity index (χ2v) is 9.60. The Bertz CT molecular complexity index is 573. The van der Waals surface area contributed by atoms with E-state index in [4.69, 9.17) is 31.9 Å². The smallest absolute Gasteiger partial charge is 0.304 e. The zero-order valence-electron chi connectivity index (χ0n) is 22.2. The predicted molar refractivity (Wildman–Crippen MR) is 139 cm³/mol. The van der Waals surface area contributed by atoms with Crippen LogP contribution in [0.15, 0.2) is 0 Å². The third-order valence-electron chi connectivity index (χ3n) is 6.58. The first-order valence-corrected chi connectivity index (χ1v) is 13.3. The molecule has 2 aliphatic heterocycles. The van der Waals surface area contributed by atoms with Crippen molar-refractivity contribution in [3.05, 3.63) is 0 Å². The topological polar surface area (TPSA) is 208 Å². The zero-order valence-corrected chi connectivity index (χ0v) is 22.2. The van der Waals surface area contributed by atoms with Crippen LogP contribution in [0.5, 0.6) is 0 Å². The van der Waals surface area contributed by atoms with E-state index in [1.54, 1.807) is 0 Å². The highest BCUT2D eigenvalue weighted by atomic mass is 16.4. The molecule has 2 rings (SSSR count). The summed E-state index contributed by atoms with van der Waals surface area (Å²) in [7, 11) is 0. The van der Waals surface area contributed by atoms with Crippen molar-refractivity contribution in [2.45, 2.75) is 109 Å². The molecular weight excluding hydrogens is 484 g/mol. The predicted octanol–water partition coefficient (Wildman–Crippen LogP) is 2.00. The summed E-state index contributed by atoms with van der Waals surface area (Å²) >= 11 is 0. The highest BCUT2D eigenvalue weighted by molar-refractivity contribution is 5.67. The number of nitrogens with two attached hydrogens (primary N) is 2. The Balaban J connectivity index is 0.000000594. The zero-order chi connectivity index (χ0) is 28.2. The van der Waals surface area contributed by atoms with Gasteiger partial charge in [0.25, 0.3) is 0 Å². The molecule has 0 spiro atoms. The molecule has 37 heavy (non-hydrogen) atoms. The highest BCUT2D eigenvalue weighted by Crippen LogP contribution is 2.22. The molecule has 2 fully saturated rings. The normalized spacial score (nSPS) is 20.2. The third-order valence-corrected chi connectivity index (χ3v) is 6.58. The van der Waals surface area contributed by atoms with Gasteiger partial charge in [0.1, 0.15) is 0 Å². The maximum absolute atomic E-state index is 10.5. The second-order valence-electron chi connectivity index (χ2n) is 9.60. The molecule has 2 heterocycles. The van der Waals surface area contributed by atoms with Crippen LogP contribution in [0, 0.1) is 0 Å². The number of carboxylic acid groups (broad SMARTS) is 4. The Morgan fingerprint density at radius 3 is 1.27 bits per heavy atom. The van der Waals surface area contributed by atoms with Crippen molar-refractivity contribution >= 4 is 23.9 Å². The summed E-state index contributed by atoms with van der Waals surface area (Å²) in [6.07, 6.45) is 9.04. The summed E-state index contributed by atoms with van der Waals surface area (Å²) in [6, 6.07) is 0.508. The fraction of sp³-hybridized carbons (Fsp3) is 0.840. The molecule has 0 amide bonds. The average molecular weight is 533 g/mol. The molecule has 2 saturated heterocycles. The van der Waals surface area contributed by atoms with Crippen LogP contribution < -0.4 is 11.5 Å². The van der Waals surface area contributed by atoms with Gasteiger partial charge in [-0.15, -0.1) is 0 Å². The fourth-order valence-corrected chi connectivity index (χ4v) is 4.42. The van der Waals surface area contributed by atoms with Crippen molar-refractivity contribution < 1.29 is 39.6 Å². The number of carboxylic acids is 4. The maximum Gasteiger partial charge on any atom is 0.304 e. The first-order chi connectivity index (χ1) is 17.5. The standard InChI is InChI=1S/2C11H19NO4.C3H10N2/c2*13-10(14)5-4-9-3-1-2-7-12(9)8-6-11(15)16;1-2-3(4)5/h2*9H,1-8H2,(H,13,14)(H,15,16);3H,2,4-5H2,1H3. The van der Waals surface area contributed by atoms with Crippen LogP contribution >= 0.6 is 0 Å². The van der Waals surface area contributed by atoms with Gasteiger partial charge in [0.15, 0.2) is 0 Å². The number of piperidine rings is 2. The largest absolute Gasteiger partial charge is 0.481 e. The van der Waals surface area contributed by atoms with Gasteiger partial charge < -0.3 is 31.9 Å². The van der Waals surface area contributed by atoms with Crippen LogP contribution in [0.3, 0.4) is 0 Å². The van der Waals surface area contributed by atoms with Gasteiger partial charge in [-0.2, -0.15) is 0 Å². The lowest BCUT2D eigenvalue weighted by molar-refractivity contribution is -0.139. The maximum atomic E-state index is 10.5. The number of likely N-dealkylation sites (tertiary alicyclic amines) is 2. The number of aliphatic carboxylic acids is 4. The SMILES string of the molecule is CCC(N)N.O=C(O)CCC1CCCCN1CCC(=O)O.O=C(O)CCC1CCCCN1CCC(=O)O. The number of nitrogens with zero attached hydrogens (tertiary/aromatic N) is 2. The molecule has 8 N–H and O–H groups in total. The first-order valence-electron chi connectivity index (χ1n) is 13.3. The Hall–Kier alpha value is -2.28. The van der Waals surface area contributed by atoms with Gasteiger partial charge in [-0.3, -0.25) is 29.0 Å². The van der Waals surface area contributed by atoms with Crippen molar-refractivity contribution in [3.8, 4) is 0 Å². The number of rotatable bonds is 13. The lowest BCUT2D eigenvalue weighted by Gasteiger charge is -2.35. The van der Waals surface area contributed by atoms with Crippen LogP contribution in [0.2, 0.25) is 0 Å². The molecule has 0 radical (unpaired) electrons. The van der Waals surface area contributed by atoms with E-state index in [-0.39, 0.29) is 43.9 Å². The lowest BCUT2D eigenvalue weighted by atomic mass is 9.98. The molecule has 12 nitrogen and oxygen atoms in total. The van der Waals surface area contributed by atoms with E-state index in [1.165, 1.54) is 0 Å². The Labute approximate surface area is 220 Å². The third kappa shape index (κ3) is 19.5. The van der Waals surface area contributed by atoms with Crippen LogP contribution in [-0.2, 0) is 19.2 Å². The second kappa shape index (κ2) is 20.7. The lowest BCUT2D eigenvalue weighted by Crippen LogP contribution is -2.40. The summed E-state index contributed by atoms with van der Waals surface area (Å²) < 4.78 is 0. The van der Waals surface area contributed by atoms with Gasteiger partial charge in [-0.1, -0.05) is 19.8 Å². The number of hydrogen-bond acceptors (Lipinski definition) is 8. The minimum Gasteiger partial charge on any atom is -0.481 e. The van der Waals surface area contributed by atoms with E-state index in [1.807, 2.05) is 6.92 Å². The molecule has 12 heteroatoms. The summed E-state index contributed by atoms with van der Waals surface area (Å²) in [4.78, 5) is 46.2. The van der Waals surface area contributed by atoms with Crippen LogP contribution in [-0.4, -0.2) is 98.5 Å². The summed E-state index contributed by atoms with van der Waals surface area (Å²) in [5, 5.41) is 34.5. The van der Waals surface area contributed by atoms with Gasteiger partial charge in [0.05, 0.1) is 19.0 Å². The van der Waals surface area contributed by atoms with E-state index in [0.717, 1.165) is 58.0 Å². The fourth-order valence-electron chi connectivity index (χ4n) is 4.42. The van der Waals surface area contributed by atoms with E-state index >= 15 is 0 Å². The Kier molecular flexibility index (Phi) is 19.5. The molecule has 2 aliphatic rings. The van der Waals surface area contributed by atoms with E-state index < -0.39 is 23.9 Å². The molecule has 0 aliphatic carbocycles. The first kappa shape index (κ1) is 34.7. The quantitative estimate of drug-likeness (QED) is 0.188. The summed E-state index contributed by atoms with van der Waals surface area (Å²) in [6.45, 7) is 4.83. The minimum absolute atomic E-state index is 0.116. The summed E-state index contributed by atoms with van der Waals surface area (Å²) in [5.41, 5.74) is 10.1.